The summed E-state index contributed by atoms with van der Waals surface area (Å²) in [5, 5.41) is 10.2. The molecule has 2 aliphatic heterocycles. The molecule has 2 fully saturated rings. The fraction of sp³-hybridized carbons (Fsp3) is 0.625. The molecule has 116 valence electrons. The SMILES string of the molecule is CC1(C)OCC2OCC(O)[C@H](OCc3ccccc3)[C@@H]2O1. The average Bonchev–Trinajstić information content (AvgIpc) is 2.46. The lowest BCUT2D eigenvalue weighted by Gasteiger charge is -2.47. The lowest BCUT2D eigenvalue weighted by molar-refractivity contribution is -0.351. The fourth-order valence-electron chi connectivity index (χ4n) is 2.75. The molecule has 0 aliphatic carbocycles. The predicted octanol–water partition coefficient (Wildman–Crippen LogP) is 1.48. The molecule has 5 nitrogen and oxygen atoms in total. The Labute approximate surface area is 124 Å². The van der Waals surface area contributed by atoms with E-state index in [1.165, 1.54) is 0 Å². The van der Waals surface area contributed by atoms with Crippen molar-refractivity contribution in [2.75, 3.05) is 13.2 Å². The zero-order valence-electron chi connectivity index (χ0n) is 12.4. The van der Waals surface area contributed by atoms with Gasteiger partial charge in [-0.2, -0.15) is 0 Å². The molecule has 1 aromatic carbocycles. The Morgan fingerprint density at radius 3 is 2.76 bits per heavy atom. The Bertz CT molecular complexity index is 461. The van der Waals surface area contributed by atoms with Gasteiger partial charge in [0, 0.05) is 0 Å². The van der Waals surface area contributed by atoms with Crippen molar-refractivity contribution in [1.82, 2.24) is 0 Å². The first-order valence-corrected chi connectivity index (χ1v) is 7.32. The van der Waals surface area contributed by atoms with E-state index in [2.05, 4.69) is 0 Å². The van der Waals surface area contributed by atoms with Crippen LogP contribution in [-0.4, -0.2) is 48.5 Å². The van der Waals surface area contributed by atoms with Crippen LogP contribution < -0.4 is 0 Å². The second-order valence-corrected chi connectivity index (χ2v) is 5.99. The topological polar surface area (TPSA) is 57.2 Å². The Morgan fingerprint density at radius 1 is 1.24 bits per heavy atom. The number of aliphatic hydroxyl groups is 1. The molecule has 0 spiro atoms. The highest BCUT2D eigenvalue weighted by Gasteiger charge is 2.47. The lowest BCUT2D eigenvalue weighted by atomic mass is 9.98. The summed E-state index contributed by atoms with van der Waals surface area (Å²) in [7, 11) is 0. The van der Waals surface area contributed by atoms with Crippen LogP contribution in [0.3, 0.4) is 0 Å². The van der Waals surface area contributed by atoms with Gasteiger partial charge >= 0.3 is 0 Å². The molecule has 1 aromatic rings. The number of aliphatic hydroxyl groups excluding tert-OH is 1. The Balaban J connectivity index is 1.68. The molecule has 5 heteroatoms. The molecule has 4 atom stereocenters. The fourth-order valence-corrected chi connectivity index (χ4v) is 2.75. The van der Waals surface area contributed by atoms with Gasteiger partial charge in [-0.1, -0.05) is 30.3 Å². The van der Waals surface area contributed by atoms with E-state index in [-0.39, 0.29) is 18.8 Å². The van der Waals surface area contributed by atoms with Crippen LogP contribution >= 0.6 is 0 Å². The maximum Gasteiger partial charge on any atom is 0.163 e. The summed E-state index contributed by atoms with van der Waals surface area (Å²) in [5.74, 6) is -0.685. The second kappa shape index (κ2) is 6.02. The van der Waals surface area contributed by atoms with Gasteiger partial charge in [-0.05, 0) is 19.4 Å². The van der Waals surface area contributed by atoms with Gasteiger partial charge in [0.1, 0.15) is 24.4 Å². The van der Waals surface area contributed by atoms with E-state index in [9.17, 15) is 5.11 Å². The minimum absolute atomic E-state index is 0.192. The van der Waals surface area contributed by atoms with E-state index in [1.807, 2.05) is 44.2 Å². The largest absolute Gasteiger partial charge is 0.388 e. The van der Waals surface area contributed by atoms with E-state index in [1.54, 1.807) is 0 Å². The van der Waals surface area contributed by atoms with Crippen LogP contribution in [0.2, 0.25) is 0 Å². The maximum atomic E-state index is 10.2. The third-order valence-electron chi connectivity index (χ3n) is 3.85. The van der Waals surface area contributed by atoms with Gasteiger partial charge in [-0.3, -0.25) is 0 Å². The van der Waals surface area contributed by atoms with Crippen molar-refractivity contribution in [3.8, 4) is 0 Å². The highest BCUT2D eigenvalue weighted by molar-refractivity contribution is 5.13. The summed E-state index contributed by atoms with van der Waals surface area (Å²) < 4.78 is 23.0. The molecule has 2 unspecified atom stereocenters. The van der Waals surface area contributed by atoms with Gasteiger partial charge < -0.3 is 24.1 Å². The standard InChI is InChI=1S/C16H22O5/c1-16(2)20-10-13-15(21-16)14(12(17)9-18-13)19-8-11-6-4-3-5-7-11/h3-7,12-15,17H,8-10H2,1-2H3/t12?,13?,14-,15+/m0/s1. The summed E-state index contributed by atoms with van der Waals surface area (Å²) in [6.07, 6.45) is -1.61. The zero-order valence-corrected chi connectivity index (χ0v) is 12.4. The molecule has 0 saturated carbocycles. The van der Waals surface area contributed by atoms with Crippen LogP contribution in [0.25, 0.3) is 0 Å². The number of fused-ring (bicyclic) bond motifs is 1. The van der Waals surface area contributed by atoms with Crippen LogP contribution in [0.4, 0.5) is 0 Å². The number of benzene rings is 1. The normalized spacial score (nSPS) is 35.2. The van der Waals surface area contributed by atoms with Crippen LogP contribution in [-0.2, 0) is 25.6 Å². The molecule has 3 rings (SSSR count). The molecule has 21 heavy (non-hydrogen) atoms. The Morgan fingerprint density at radius 2 is 2.00 bits per heavy atom. The van der Waals surface area contributed by atoms with E-state index >= 15 is 0 Å². The van der Waals surface area contributed by atoms with E-state index in [0.717, 1.165) is 5.56 Å². The first kappa shape index (κ1) is 14.9. The highest BCUT2D eigenvalue weighted by Crippen LogP contribution is 2.31. The summed E-state index contributed by atoms with van der Waals surface area (Å²) in [6, 6.07) is 9.90. The van der Waals surface area contributed by atoms with Gasteiger partial charge in [0.25, 0.3) is 0 Å². The van der Waals surface area contributed by atoms with Gasteiger partial charge in [0.2, 0.25) is 0 Å². The highest BCUT2D eigenvalue weighted by atomic mass is 16.7. The molecule has 2 aliphatic rings. The molecule has 0 bridgehead atoms. The quantitative estimate of drug-likeness (QED) is 0.915. The van der Waals surface area contributed by atoms with Crippen LogP contribution in [0.1, 0.15) is 19.4 Å². The van der Waals surface area contributed by atoms with Crippen LogP contribution in [0.15, 0.2) is 30.3 Å². The third-order valence-corrected chi connectivity index (χ3v) is 3.85. The van der Waals surface area contributed by atoms with Crippen molar-refractivity contribution >= 4 is 0 Å². The molecule has 1 N–H and O–H groups in total. The van der Waals surface area contributed by atoms with Crippen molar-refractivity contribution in [2.24, 2.45) is 0 Å². The van der Waals surface area contributed by atoms with Crippen LogP contribution in [0.5, 0.6) is 0 Å². The maximum absolute atomic E-state index is 10.2. The minimum Gasteiger partial charge on any atom is -0.388 e. The molecule has 0 radical (unpaired) electrons. The van der Waals surface area contributed by atoms with Crippen molar-refractivity contribution in [3.63, 3.8) is 0 Å². The molecule has 2 heterocycles. The second-order valence-electron chi connectivity index (χ2n) is 5.99. The Kier molecular flexibility index (Phi) is 4.28. The van der Waals surface area contributed by atoms with Gasteiger partial charge in [0.05, 0.1) is 19.8 Å². The number of hydrogen-bond acceptors (Lipinski definition) is 5. The molecule has 0 aromatic heterocycles. The number of hydrogen-bond donors (Lipinski definition) is 1. The van der Waals surface area contributed by atoms with Crippen LogP contribution in [0, 0.1) is 0 Å². The van der Waals surface area contributed by atoms with Crippen molar-refractivity contribution in [1.29, 1.82) is 0 Å². The molecular formula is C16H22O5. The van der Waals surface area contributed by atoms with E-state index in [4.69, 9.17) is 18.9 Å². The lowest BCUT2D eigenvalue weighted by Crippen LogP contribution is -2.62. The molecule has 2 saturated heterocycles. The minimum atomic E-state index is -0.691. The first-order valence-electron chi connectivity index (χ1n) is 7.32. The molecule has 0 amide bonds. The van der Waals surface area contributed by atoms with Gasteiger partial charge in [0.15, 0.2) is 5.79 Å². The third kappa shape index (κ3) is 3.44. The van der Waals surface area contributed by atoms with Gasteiger partial charge in [-0.25, -0.2) is 0 Å². The summed E-state index contributed by atoms with van der Waals surface area (Å²) >= 11 is 0. The van der Waals surface area contributed by atoms with Crippen molar-refractivity contribution < 1.29 is 24.1 Å². The monoisotopic (exact) mass is 294 g/mol. The summed E-state index contributed by atoms with van der Waals surface area (Å²) in [5.41, 5.74) is 1.07. The van der Waals surface area contributed by atoms with E-state index < -0.39 is 18.0 Å². The average molecular weight is 294 g/mol. The smallest absolute Gasteiger partial charge is 0.163 e. The predicted molar refractivity (Wildman–Crippen MR) is 75.7 cm³/mol. The summed E-state index contributed by atoms with van der Waals surface area (Å²) in [4.78, 5) is 0. The van der Waals surface area contributed by atoms with Crippen molar-refractivity contribution in [3.05, 3.63) is 35.9 Å². The zero-order chi connectivity index (χ0) is 14.9. The Hall–Kier alpha value is -0.980. The van der Waals surface area contributed by atoms with Gasteiger partial charge in [-0.15, -0.1) is 0 Å². The number of ether oxygens (including phenoxy) is 4. The first-order chi connectivity index (χ1) is 10.1. The van der Waals surface area contributed by atoms with E-state index in [0.29, 0.717) is 13.2 Å². The summed E-state index contributed by atoms with van der Waals surface area (Å²) in [6.45, 7) is 4.86. The van der Waals surface area contributed by atoms with Crippen molar-refractivity contribution in [2.45, 2.75) is 50.7 Å². The molecular weight excluding hydrogens is 272 g/mol. The number of rotatable bonds is 3.